The summed E-state index contributed by atoms with van der Waals surface area (Å²) in [6.07, 6.45) is 3.65. The van der Waals surface area contributed by atoms with E-state index in [0.717, 1.165) is 5.56 Å². The molecule has 2 aliphatic rings. The second kappa shape index (κ2) is 5.47. The quantitative estimate of drug-likeness (QED) is 0.822. The van der Waals surface area contributed by atoms with Gasteiger partial charge < -0.3 is 11.1 Å². The number of nitrogens with two attached hydrogens (primary N) is 1. The second-order valence-corrected chi connectivity index (χ2v) is 5.91. The van der Waals surface area contributed by atoms with Crippen molar-refractivity contribution in [1.29, 1.82) is 0 Å². The van der Waals surface area contributed by atoms with Gasteiger partial charge in [0.2, 0.25) is 5.91 Å². The number of nitrogens with one attached hydrogen (secondary N) is 1. The van der Waals surface area contributed by atoms with Crippen LogP contribution in [0.5, 0.6) is 0 Å². The fourth-order valence-corrected chi connectivity index (χ4v) is 3.47. The molecule has 0 aliphatic heterocycles. The van der Waals surface area contributed by atoms with Crippen LogP contribution in [-0.2, 0) is 4.79 Å². The van der Waals surface area contributed by atoms with Gasteiger partial charge >= 0.3 is 0 Å². The Labute approximate surface area is 123 Å². The number of halogens is 1. The van der Waals surface area contributed by atoms with Crippen molar-refractivity contribution in [2.75, 3.05) is 11.9 Å². The molecule has 1 amide bonds. The van der Waals surface area contributed by atoms with Gasteiger partial charge in [0, 0.05) is 16.5 Å². The molecule has 3 N–H and O–H groups in total. The molecule has 0 radical (unpaired) electrons. The summed E-state index contributed by atoms with van der Waals surface area (Å²) in [4.78, 5) is 12.3. The predicted molar refractivity (Wildman–Crippen MR) is 80.3 cm³/mol. The molecule has 2 saturated carbocycles. The Kier molecular flexibility index (Phi) is 3.69. The number of hydrogen-bond donors (Lipinski definition) is 2. The lowest BCUT2D eigenvalue weighted by Crippen LogP contribution is -2.17. The minimum absolute atomic E-state index is 0.109. The maximum Gasteiger partial charge on any atom is 0.228 e. The second-order valence-electron chi connectivity index (χ2n) is 5.47. The van der Waals surface area contributed by atoms with E-state index in [0.29, 0.717) is 29.1 Å². The predicted octanol–water partition coefficient (Wildman–Crippen LogP) is 2.63. The van der Waals surface area contributed by atoms with Gasteiger partial charge in [0.15, 0.2) is 0 Å². The molecule has 0 saturated heterocycles. The fourth-order valence-electron chi connectivity index (χ4n) is 3.30. The van der Waals surface area contributed by atoms with Crippen LogP contribution in [0.1, 0.15) is 24.8 Å². The van der Waals surface area contributed by atoms with Gasteiger partial charge in [-0.25, -0.2) is 0 Å². The van der Waals surface area contributed by atoms with Crippen LogP contribution in [0.4, 0.5) is 5.69 Å². The average Bonchev–Trinajstić information content (AvgIpc) is 2.92. The van der Waals surface area contributed by atoms with Crippen LogP contribution in [0, 0.1) is 29.6 Å². The summed E-state index contributed by atoms with van der Waals surface area (Å²) in [5.74, 6) is 7.28. The molecule has 1 aromatic carbocycles. The molecule has 0 aromatic heterocycles. The summed E-state index contributed by atoms with van der Waals surface area (Å²) < 4.78 is 0. The SMILES string of the molecule is NCC#Cc1ccc(Cl)cc1NC(=O)C1C2CCCC21. The zero-order chi connectivity index (χ0) is 14.1. The average molecular weight is 289 g/mol. The Bertz CT molecular complexity index is 592. The van der Waals surface area contributed by atoms with Crippen molar-refractivity contribution in [3.8, 4) is 11.8 Å². The van der Waals surface area contributed by atoms with Crippen molar-refractivity contribution < 1.29 is 4.79 Å². The van der Waals surface area contributed by atoms with Crippen LogP contribution < -0.4 is 11.1 Å². The van der Waals surface area contributed by atoms with E-state index < -0.39 is 0 Å². The van der Waals surface area contributed by atoms with Gasteiger partial charge in [-0.3, -0.25) is 4.79 Å². The molecule has 0 heterocycles. The van der Waals surface area contributed by atoms with E-state index >= 15 is 0 Å². The van der Waals surface area contributed by atoms with Crippen LogP contribution in [0.15, 0.2) is 18.2 Å². The Morgan fingerprint density at radius 1 is 1.40 bits per heavy atom. The van der Waals surface area contributed by atoms with Crippen LogP contribution in [-0.4, -0.2) is 12.5 Å². The van der Waals surface area contributed by atoms with Crippen molar-refractivity contribution in [1.82, 2.24) is 0 Å². The summed E-state index contributed by atoms with van der Waals surface area (Å²) in [5.41, 5.74) is 6.84. The van der Waals surface area contributed by atoms with Gasteiger partial charge in [0.25, 0.3) is 0 Å². The number of carbonyl (C=O) groups is 1. The summed E-state index contributed by atoms with van der Waals surface area (Å²) >= 11 is 6.00. The smallest absolute Gasteiger partial charge is 0.228 e. The van der Waals surface area contributed by atoms with Crippen LogP contribution in [0.25, 0.3) is 0 Å². The third-order valence-corrected chi connectivity index (χ3v) is 4.51. The Morgan fingerprint density at radius 2 is 2.15 bits per heavy atom. The standard InChI is InChI=1S/C16H17ClN2O/c17-11-7-6-10(3-2-8-18)14(9-11)19-16(20)15-12-4-1-5-13(12)15/h6-7,9,12-13,15H,1,4-5,8,18H2,(H,19,20). The van der Waals surface area contributed by atoms with Gasteiger partial charge in [-0.05, 0) is 42.9 Å². The summed E-state index contributed by atoms with van der Waals surface area (Å²) in [6.45, 7) is 0.294. The van der Waals surface area contributed by atoms with Crippen molar-refractivity contribution in [2.45, 2.75) is 19.3 Å². The van der Waals surface area contributed by atoms with Crippen LogP contribution >= 0.6 is 11.6 Å². The molecule has 3 nitrogen and oxygen atoms in total. The lowest BCUT2D eigenvalue weighted by molar-refractivity contribution is -0.118. The van der Waals surface area contributed by atoms with E-state index in [9.17, 15) is 4.79 Å². The highest BCUT2D eigenvalue weighted by molar-refractivity contribution is 6.31. The third-order valence-electron chi connectivity index (χ3n) is 4.27. The van der Waals surface area contributed by atoms with Crippen molar-refractivity contribution in [3.63, 3.8) is 0 Å². The van der Waals surface area contributed by atoms with Gasteiger partial charge in [-0.1, -0.05) is 29.9 Å². The van der Waals surface area contributed by atoms with E-state index in [1.54, 1.807) is 12.1 Å². The highest BCUT2D eigenvalue weighted by atomic mass is 35.5. The maximum absolute atomic E-state index is 12.3. The molecule has 104 valence electrons. The van der Waals surface area contributed by atoms with E-state index in [1.807, 2.05) is 6.07 Å². The largest absolute Gasteiger partial charge is 0.325 e. The van der Waals surface area contributed by atoms with E-state index in [2.05, 4.69) is 17.2 Å². The van der Waals surface area contributed by atoms with Crippen LogP contribution in [0.2, 0.25) is 5.02 Å². The molecule has 3 rings (SSSR count). The topological polar surface area (TPSA) is 55.1 Å². The Morgan fingerprint density at radius 3 is 2.85 bits per heavy atom. The third kappa shape index (κ3) is 2.54. The molecule has 2 fully saturated rings. The Hall–Kier alpha value is -1.50. The summed E-state index contributed by atoms with van der Waals surface area (Å²) in [7, 11) is 0. The highest BCUT2D eigenvalue weighted by Crippen LogP contribution is 2.57. The minimum atomic E-state index is 0.109. The molecular formula is C16H17ClN2O. The van der Waals surface area contributed by atoms with Gasteiger partial charge in [0.05, 0.1) is 12.2 Å². The van der Waals surface area contributed by atoms with Crippen molar-refractivity contribution in [2.24, 2.45) is 23.5 Å². The number of amides is 1. The zero-order valence-electron chi connectivity index (χ0n) is 11.2. The molecule has 1 aromatic rings. The molecule has 2 atom stereocenters. The van der Waals surface area contributed by atoms with E-state index in [1.165, 1.54) is 19.3 Å². The number of fused-ring (bicyclic) bond motifs is 1. The first-order valence-corrected chi connectivity index (χ1v) is 7.38. The molecule has 2 aliphatic carbocycles. The molecular weight excluding hydrogens is 272 g/mol. The first-order valence-electron chi connectivity index (χ1n) is 7.00. The Balaban J connectivity index is 1.76. The summed E-state index contributed by atoms with van der Waals surface area (Å²) in [5, 5.41) is 3.58. The number of benzene rings is 1. The van der Waals surface area contributed by atoms with Gasteiger partial charge in [-0.15, -0.1) is 0 Å². The van der Waals surface area contributed by atoms with Gasteiger partial charge in [0.1, 0.15) is 0 Å². The van der Waals surface area contributed by atoms with E-state index in [4.69, 9.17) is 17.3 Å². The first-order chi connectivity index (χ1) is 9.70. The van der Waals surface area contributed by atoms with Crippen LogP contribution in [0.3, 0.4) is 0 Å². The van der Waals surface area contributed by atoms with Gasteiger partial charge in [-0.2, -0.15) is 0 Å². The molecule has 2 unspecified atom stereocenters. The molecule has 0 spiro atoms. The lowest BCUT2D eigenvalue weighted by atomic mass is 10.1. The monoisotopic (exact) mass is 288 g/mol. The lowest BCUT2D eigenvalue weighted by Gasteiger charge is -2.09. The maximum atomic E-state index is 12.3. The number of anilines is 1. The summed E-state index contributed by atoms with van der Waals surface area (Å²) in [6, 6.07) is 5.33. The van der Waals surface area contributed by atoms with Crippen molar-refractivity contribution in [3.05, 3.63) is 28.8 Å². The minimum Gasteiger partial charge on any atom is -0.325 e. The highest BCUT2D eigenvalue weighted by Gasteiger charge is 2.56. The first kappa shape index (κ1) is 13.5. The fraction of sp³-hybridized carbons (Fsp3) is 0.438. The number of hydrogen-bond acceptors (Lipinski definition) is 2. The molecule has 0 bridgehead atoms. The van der Waals surface area contributed by atoms with Crippen molar-refractivity contribution >= 4 is 23.2 Å². The normalized spacial score (nSPS) is 26.4. The number of rotatable bonds is 2. The number of carbonyl (C=O) groups excluding carboxylic acids is 1. The zero-order valence-corrected chi connectivity index (χ0v) is 11.9. The van der Waals surface area contributed by atoms with E-state index in [-0.39, 0.29) is 11.8 Å². The molecule has 4 heteroatoms. The molecule has 20 heavy (non-hydrogen) atoms.